The van der Waals surface area contributed by atoms with E-state index < -0.39 is 5.82 Å². The van der Waals surface area contributed by atoms with Gasteiger partial charge in [-0.2, -0.15) is 15.0 Å². The summed E-state index contributed by atoms with van der Waals surface area (Å²) in [5.41, 5.74) is 0.555. The molecule has 2 atom stereocenters. The van der Waals surface area contributed by atoms with Gasteiger partial charge in [0.25, 0.3) is 0 Å². The van der Waals surface area contributed by atoms with Crippen molar-refractivity contribution in [3.63, 3.8) is 0 Å². The van der Waals surface area contributed by atoms with Gasteiger partial charge in [-0.1, -0.05) is 26.2 Å². The maximum atomic E-state index is 14.5. The predicted octanol–water partition coefficient (Wildman–Crippen LogP) is 5.39. The van der Waals surface area contributed by atoms with E-state index in [0.717, 1.165) is 25.9 Å². The number of rotatable bonds is 12. The predicted molar refractivity (Wildman–Crippen MR) is 142 cm³/mol. The second kappa shape index (κ2) is 13.1. The van der Waals surface area contributed by atoms with Crippen molar-refractivity contribution in [1.29, 1.82) is 0 Å². The Balaban J connectivity index is 1.51. The molecule has 1 aliphatic heterocycles. The largest absolute Gasteiger partial charge is 0.480 e. The second-order valence-electron chi connectivity index (χ2n) is 9.37. The van der Waals surface area contributed by atoms with Crippen LogP contribution in [0.4, 0.5) is 27.9 Å². The van der Waals surface area contributed by atoms with Crippen molar-refractivity contribution in [2.24, 2.45) is 5.92 Å². The lowest BCUT2D eigenvalue weighted by atomic mass is 9.89. The van der Waals surface area contributed by atoms with Crippen LogP contribution in [0.25, 0.3) is 0 Å². The van der Waals surface area contributed by atoms with Gasteiger partial charge in [0.05, 0.1) is 0 Å². The highest BCUT2D eigenvalue weighted by atomic mass is 32.2. The zero-order valence-corrected chi connectivity index (χ0v) is 21.6. The van der Waals surface area contributed by atoms with Crippen molar-refractivity contribution in [1.82, 2.24) is 20.3 Å². The summed E-state index contributed by atoms with van der Waals surface area (Å²) >= 11 is 1.50. The average molecular weight is 504 g/mol. The quantitative estimate of drug-likeness (QED) is 0.284. The first-order chi connectivity index (χ1) is 17.1. The minimum Gasteiger partial charge on any atom is -0.480 e. The number of thioether (sulfide) groups is 1. The molecule has 0 amide bonds. The number of ether oxygens (including phenoxy) is 1. The van der Waals surface area contributed by atoms with E-state index in [2.05, 4.69) is 43.1 Å². The fourth-order valence-corrected chi connectivity index (χ4v) is 5.10. The van der Waals surface area contributed by atoms with Gasteiger partial charge in [-0.25, -0.2) is 4.39 Å². The van der Waals surface area contributed by atoms with Crippen molar-refractivity contribution < 1.29 is 9.13 Å². The minimum atomic E-state index is -0.426. The third-order valence-electron chi connectivity index (χ3n) is 6.77. The highest BCUT2D eigenvalue weighted by molar-refractivity contribution is 7.98. The number of hydrogen-bond acceptors (Lipinski definition) is 9. The van der Waals surface area contributed by atoms with Crippen molar-refractivity contribution in [2.45, 2.75) is 70.4 Å². The summed E-state index contributed by atoms with van der Waals surface area (Å²) in [6.07, 6.45) is 11.6. The van der Waals surface area contributed by atoms with Crippen LogP contribution in [0, 0.1) is 11.7 Å². The Morgan fingerprint density at radius 1 is 1.09 bits per heavy atom. The van der Waals surface area contributed by atoms with E-state index >= 15 is 0 Å². The molecule has 192 valence electrons. The highest BCUT2D eigenvalue weighted by Gasteiger charge is 2.24. The van der Waals surface area contributed by atoms with Gasteiger partial charge in [0.2, 0.25) is 17.8 Å². The lowest BCUT2D eigenvalue weighted by Crippen LogP contribution is -2.40. The molecule has 1 aromatic heterocycles. The summed E-state index contributed by atoms with van der Waals surface area (Å²) in [6.45, 7) is 4.06. The van der Waals surface area contributed by atoms with Gasteiger partial charge in [0, 0.05) is 30.4 Å². The standard InChI is InChI=1S/C25H38FN7OS/c1-3-20(21-10-7-13-27-21)30-25-32-23(28-15-17-8-5-4-6-9-17)31-24(33-25)29-18-11-12-22(19(26)14-18)34-16-35-2/h11-12,14,17,20-21,27H,3-10,13,15-16H2,1-2H3,(H3,28,29,30,31,32,33). The van der Waals surface area contributed by atoms with E-state index in [-0.39, 0.29) is 11.8 Å². The third kappa shape index (κ3) is 7.57. The Morgan fingerprint density at radius 2 is 1.89 bits per heavy atom. The molecule has 0 bridgehead atoms. The van der Waals surface area contributed by atoms with Crippen LogP contribution in [0.3, 0.4) is 0 Å². The van der Waals surface area contributed by atoms with Crippen molar-refractivity contribution >= 4 is 35.3 Å². The molecule has 8 nitrogen and oxygen atoms in total. The van der Waals surface area contributed by atoms with Crippen molar-refractivity contribution in [3.8, 4) is 5.75 Å². The Morgan fingerprint density at radius 3 is 2.60 bits per heavy atom. The Bertz CT molecular complexity index is 938. The van der Waals surface area contributed by atoms with Gasteiger partial charge < -0.3 is 26.0 Å². The molecule has 2 unspecified atom stereocenters. The molecule has 35 heavy (non-hydrogen) atoms. The number of benzene rings is 1. The zero-order chi connectivity index (χ0) is 24.5. The second-order valence-corrected chi connectivity index (χ2v) is 10.2. The SMILES string of the molecule is CCC(Nc1nc(NCC2CCCCC2)nc(Nc2ccc(OCSC)c(F)c2)n1)C1CCCN1. The molecule has 1 aromatic carbocycles. The van der Waals surface area contributed by atoms with E-state index in [1.54, 1.807) is 12.1 Å². The number of anilines is 4. The number of hydrogen-bond donors (Lipinski definition) is 4. The molecular formula is C25H38FN7OS. The number of halogens is 1. The summed E-state index contributed by atoms with van der Waals surface area (Å²) < 4.78 is 19.9. The molecule has 0 radical (unpaired) electrons. The van der Waals surface area contributed by atoms with Gasteiger partial charge in [-0.15, -0.1) is 11.8 Å². The maximum Gasteiger partial charge on any atom is 0.233 e. The van der Waals surface area contributed by atoms with Crippen LogP contribution >= 0.6 is 11.8 Å². The molecule has 10 heteroatoms. The summed E-state index contributed by atoms with van der Waals surface area (Å²) in [6, 6.07) is 5.41. The molecule has 2 aromatic rings. The summed E-state index contributed by atoms with van der Waals surface area (Å²) in [5, 5.41) is 13.7. The summed E-state index contributed by atoms with van der Waals surface area (Å²) in [4.78, 5) is 13.9. The topological polar surface area (TPSA) is 96.0 Å². The van der Waals surface area contributed by atoms with E-state index in [1.807, 2.05) is 6.26 Å². The van der Waals surface area contributed by atoms with Crippen LogP contribution < -0.4 is 26.0 Å². The van der Waals surface area contributed by atoms with E-state index in [0.29, 0.717) is 41.4 Å². The first-order valence-electron chi connectivity index (χ1n) is 12.8. The monoisotopic (exact) mass is 503 g/mol. The molecular weight excluding hydrogens is 465 g/mol. The van der Waals surface area contributed by atoms with Crippen LogP contribution in [-0.2, 0) is 0 Å². The molecule has 2 aliphatic rings. The first-order valence-corrected chi connectivity index (χ1v) is 14.2. The van der Waals surface area contributed by atoms with Crippen LogP contribution in [0.5, 0.6) is 5.75 Å². The molecule has 4 N–H and O–H groups in total. The average Bonchev–Trinajstić information content (AvgIpc) is 3.41. The number of nitrogens with one attached hydrogen (secondary N) is 4. The van der Waals surface area contributed by atoms with Gasteiger partial charge in [-0.3, -0.25) is 0 Å². The Kier molecular flexibility index (Phi) is 9.65. The molecule has 1 saturated heterocycles. The summed E-state index contributed by atoms with van der Waals surface area (Å²) in [7, 11) is 0. The van der Waals surface area contributed by atoms with Crippen LogP contribution in [-0.4, -0.2) is 52.3 Å². The fourth-order valence-electron chi connectivity index (χ4n) is 4.86. The van der Waals surface area contributed by atoms with Crippen LogP contribution in [0.15, 0.2) is 18.2 Å². The van der Waals surface area contributed by atoms with Crippen LogP contribution in [0.2, 0.25) is 0 Å². The van der Waals surface area contributed by atoms with E-state index in [1.165, 1.54) is 56.4 Å². The lowest BCUT2D eigenvalue weighted by Gasteiger charge is -2.24. The van der Waals surface area contributed by atoms with Gasteiger partial charge >= 0.3 is 0 Å². The summed E-state index contributed by atoms with van der Waals surface area (Å²) in [5.74, 6) is 2.27. The van der Waals surface area contributed by atoms with E-state index in [9.17, 15) is 4.39 Å². The van der Waals surface area contributed by atoms with Gasteiger partial charge in [0.1, 0.15) is 5.94 Å². The first kappa shape index (κ1) is 25.8. The Hall–Kier alpha value is -2.33. The lowest BCUT2D eigenvalue weighted by molar-refractivity contribution is 0.368. The normalized spacial score (nSPS) is 19.3. The molecule has 2 heterocycles. The minimum absolute atomic E-state index is 0.226. The molecule has 0 spiro atoms. The van der Waals surface area contributed by atoms with Crippen molar-refractivity contribution in [2.75, 3.05) is 41.2 Å². The zero-order valence-electron chi connectivity index (χ0n) is 20.8. The van der Waals surface area contributed by atoms with Gasteiger partial charge in [0.15, 0.2) is 11.6 Å². The van der Waals surface area contributed by atoms with Crippen LogP contribution in [0.1, 0.15) is 58.3 Å². The Labute approximate surface area is 212 Å². The molecule has 1 aliphatic carbocycles. The third-order valence-corrected chi connectivity index (χ3v) is 7.12. The molecule has 4 rings (SSSR count). The number of aromatic nitrogens is 3. The highest BCUT2D eigenvalue weighted by Crippen LogP contribution is 2.26. The molecule has 1 saturated carbocycles. The fraction of sp³-hybridized carbons (Fsp3) is 0.640. The van der Waals surface area contributed by atoms with Gasteiger partial charge in [-0.05, 0) is 63.0 Å². The maximum absolute atomic E-state index is 14.5. The molecule has 2 fully saturated rings. The van der Waals surface area contributed by atoms with Crippen molar-refractivity contribution in [3.05, 3.63) is 24.0 Å². The number of nitrogens with zero attached hydrogens (tertiary/aromatic N) is 3. The van der Waals surface area contributed by atoms with E-state index in [4.69, 9.17) is 4.74 Å². The smallest absolute Gasteiger partial charge is 0.233 e.